The highest BCUT2D eigenvalue weighted by Gasteiger charge is 2.25. The van der Waals surface area contributed by atoms with Crippen LogP contribution < -0.4 is 10.9 Å². The van der Waals surface area contributed by atoms with E-state index in [1.807, 2.05) is 0 Å². The number of H-pyrrole nitrogens is 1. The lowest BCUT2D eigenvalue weighted by Crippen LogP contribution is -2.30. The molecule has 3 aromatic heterocycles. The summed E-state index contributed by atoms with van der Waals surface area (Å²) in [5, 5.41) is 8.61. The van der Waals surface area contributed by atoms with E-state index in [-0.39, 0.29) is 11.6 Å². The van der Waals surface area contributed by atoms with Crippen molar-refractivity contribution in [2.45, 2.75) is 19.4 Å². The van der Waals surface area contributed by atoms with Crippen LogP contribution >= 0.6 is 11.3 Å². The van der Waals surface area contributed by atoms with Crippen LogP contribution in [0, 0.1) is 6.92 Å². The monoisotopic (exact) mass is 287 g/mol. The van der Waals surface area contributed by atoms with Crippen LogP contribution in [0.3, 0.4) is 0 Å². The van der Waals surface area contributed by atoms with Crippen molar-refractivity contribution >= 4 is 17.1 Å². The number of hydrogen-bond donors (Lipinski definition) is 2. The summed E-state index contributed by atoms with van der Waals surface area (Å²) in [6, 6.07) is 3.62. The number of hydrogen-bond acceptors (Lipinski definition) is 5. The Bertz CT molecular complexity index is 846. The van der Waals surface area contributed by atoms with Gasteiger partial charge >= 0.3 is 0 Å². The van der Waals surface area contributed by atoms with E-state index in [2.05, 4.69) is 31.8 Å². The second-order valence-corrected chi connectivity index (χ2v) is 5.92. The van der Waals surface area contributed by atoms with E-state index in [9.17, 15) is 4.79 Å². The van der Waals surface area contributed by atoms with E-state index in [1.54, 1.807) is 18.3 Å². The zero-order valence-electron chi connectivity index (χ0n) is 10.9. The van der Waals surface area contributed by atoms with Crippen LogP contribution in [0.2, 0.25) is 0 Å². The molecular weight excluding hydrogens is 274 g/mol. The molecule has 3 aromatic rings. The largest absolute Gasteiger partial charge is 0.303 e. The molecule has 2 N–H and O–H groups in total. The first-order valence-corrected chi connectivity index (χ1v) is 7.36. The molecule has 1 unspecified atom stereocenters. The molecule has 102 valence electrons. The molecular formula is C13H13N5OS. The molecule has 1 atom stereocenters. The quantitative estimate of drug-likeness (QED) is 0.701. The van der Waals surface area contributed by atoms with Gasteiger partial charge in [-0.3, -0.25) is 9.89 Å². The Labute approximate surface area is 118 Å². The lowest BCUT2D eigenvalue weighted by atomic mass is 10.0. The van der Waals surface area contributed by atoms with Gasteiger partial charge in [-0.2, -0.15) is 9.50 Å². The maximum atomic E-state index is 11.9. The minimum absolute atomic E-state index is 0.00593. The van der Waals surface area contributed by atoms with E-state index < -0.39 is 0 Å². The Morgan fingerprint density at radius 3 is 3.25 bits per heavy atom. The molecule has 0 aliphatic carbocycles. The highest BCUT2D eigenvalue weighted by atomic mass is 32.1. The number of aryl methyl sites for hydroxylation is 1. The normalized spacial score (nSPS) is 18.4. The fourth-order valence-corrected chi connectivity index (χ4v) is 3.55. The molecule has 0 saturated heterocycles. The first-order chi connectivity index (χ1) is 9.72. The zero-order chi connectivity index (χ0) is 13.7. The fraction of sp³-hybridized carbons (Fsp3) is 0.308. The van der Waals surface area contributed by atoms with Crippen LogP contribution in [0.25, 0.3) is 5.78 Å². The zero-order valence-corrected chi connectivity index (χ0v) is 11.7. The molecule has 0 amide bonds. The summed E-state index contributed by atoms with van der Waals surface area (Å²) in [5.41, 5.74) is 1.79. The highest BCUT2D eigenvalue weighted by molar-refractivity contribution is 7.10. The second-order valence-electron chi connectivity index (χ2n) is 4.92. The number of aromatic nitrogens is 4. The summed E-state index contributed by atoms with van der Waals surface area (Å²) >= 11 is 1.77. The van der Waals surface area contributed by atoms with Crippen molar-refractivity contribution in [2.75, 3.05) is 6.54 Å². The van der Waals surface area contributed by atoms with Gasteiger partial charge in [-0.15, -0.1) is 11.3 Å². The highest BCUT2D eigenvalue weighted by Crippen LogP contribution is 2.30. The van der Waals surface area contributed by atoms with Gasteiger partial charge in [-0.25, -0.2) is 4.98 Å². The predicted octanol–water partition coefficient (Wildman–Crippen LogP) is 1.02. The molecule has 1 aliphatic rings. The third kappa shape index (κ3) is 1.70. The van der Waals surface area contributed by atoms with Gasteiger partial charge < -0.3 is 5.32 Å². The smallest absolute Gasteiger partial charge is 0.274 e. The summed E-state index contributed by atoms with van der Waals surface area (Å²) in [5.74, 6) is 1.16. The first-order valence-electron chi connectivity index (χ1n) is 6.48. The molecule has 1 aliphatic heterocycles. The van der Waals surface area contributed by atoms with Crippen molar-refractivity contribution in [3.63, 3.8) is 0 Å². The van der Waals surface area contributed by atoms with Gasteiger partial charge in [0.25, 0.3) is 11.3 Å². The average molecular weight is 287 g/mol. The van der Waals surface area contributed by atoms with Crippen LogP contribution in [0.15, 0.2) is 22.3 Å². The van der Waals surface area contributed by atoms with Crippen LogP contribution in [0.1, 0.15) is 28.0 Å². The van der Waals surface area contributed by atoms with E-state index in [0.717, 1.165) is 18.8 Å². The molecule has 0 radical (unpaired) electrons. The number of fused-ring (bicyclic) bond motifs is 2. The minimum atomic E-state index is -0.132. The van der Waals surface area contributed by atoms with Gasteiger partial charge in [0.15, 0.2) is 0 Å². The van der Waals surface area contributed by atoms with Crippen LogP contribution in [-0.2, 0) is 6.42 Å². The van der Waals surface area contributed by atoms with Crippen molar-refractivity contribution in [1.82, 2.24) is 24.9 Å². The average Bonchev–Trinajstić information content (AvgIpc) is 3.03. The van der Waals surface area contributed by atoms with Gasteiger partial charge in [0.2, 0.25) is 0 Å². The summed E-state index contributed by atoms with van der Waals surface area (Å²) < 4.78 is 1.39. The van der Waals surface area contributed by atoms with E-state index in [1.165, 1.54) is 21.0 Å². The standard InChI is InChI=1S/C13H13N5OS/c1-7-6-10(19)18-13(15-7)16-12(17-18)11-8-3-5-20-9(8)2-4-14-11/h3,5-6,11,14H,2,4H2,1H3,(H,15,16,17). The number of thiophene rings is 1. The lowest BCUT2D eigenvalue weighted by molar-refractivity contribution is 0.549. The summed E-state index contributed by atoms with van der Waals surface area (Å²) in [4.78, 5) is 22.1. The Morgan fingerprint density at radius 1 is 1.45 bits per heavy atom. The Morgan fingerprint density at radius 2 is 2.35 bits per heavy atom. The van der Waals surface area contributed by atoms with Crippen LogP contribution in [-0.4, -0.2) is 26.1 Å². The summed E-state index contributed by atoms with van der Waals surface area (Å²) in [6.45, 7) is 2.71. The van der Waals surface area contributed by atoms with Crippen molar-refractivity contribution in [3.8, 4) is 0 Å². The van der Waals surface area contributed by atoms with Gasteiger partial charge in [0.05, 0.1) is 6.04 Å². The van der Waals surface area contributed by atoms with E-state index in [4.69, 9.17) is 0 Å². The Hall–Kier alpha value is -1.99. The predicted molar refractivity (Wildman–Crippen MR) is 76.2 cm³/mol. The molecule has 4 rings (SSSR count). The summed E-state index contributed by atoms with van der Waals surface area (Å²) in [6.07, 6.45) is 1.04. The lowest BCUT2D eigenvalue weighted by Gasteiger charge is -2.21. The molecule has 0 saturated carbocycles. The van der Waals surface area contributed by atoms with Crippen LogP contribution in [0.4, 0.5) is 0 Å². The van der Waals surface area contributed by atoms with E-state index >= 15 is 0 Å². The van der Waals surface area contributed by atoms with Gasteiger partial charge in [-0.1, -0.05) is 0 Å². The topological polar surface area (TPSA) is 75.1 Å². The Kier molecular flexibility index (Phi) is 2.51. The first kappa shape index (κ1) is 11.8. The van der Waals surface area contributed by atoms with Gasteiger partial charge in [0, 0.05) is 23.2 Å². The molecule has 0 spiro atoms. The molecule has 0 aromatic carbocycles. The fourth-order valence-electron chi connectivity index (χ4n) is 2.63. The molecule has 7 heteroatoms. The molecule has 0 fully saturated rings. The molecule has 4 heterocycles. The third-order valence-electron chi connectivity index (χ3n) is 3.54. The third-order valence-corrected chi connectivity index (χ3v) is 4.54. The maximum Gasteiger partial charge on any atom is 0.274 e. The van der Waals surface area contributed by atoms with Crippen molar-refractivity contribution < 1.29 is 0 Å². The molecule has 6 nitrogen and oxygen atoms in total. The van der Waals surface area contributed by atoms with Crippen LogP contribution in [0.5, 0.6) is 0 Å². The van der Waals surface area contributed by atoms with Crippen molar-refractivity contribution in [1.29, 1.82) is 0 Å². The van der Waals surface area contributed by atoms with Gasteiger partial charge in [0.1, 0.15) is 5.82 Å². The number of rotatable bonds is 1. The number of nitrogens with zero attached hydrogens (tertiary/aromatic N) is 3. The molecule has 20 heavy (non-hydrogen) atoms. The van der Waals surface area contributed by atoms with Gasteiger partial charge in [-0.05, 0) is 30.4 Å². The minimum Gasteiger partial charge on any atom is -0.303 e. The van der Waals surface area contributed by atoms with Crippen molar-refractivity contribution in [2.24, 2.45) is 0 Å². The second kappa shape index (κ2) is 4.26. The number of aromatic amines is 1. The maximum absolute atomic E-state index is 11.9. The van der Waals surface area contributed by atoms with Crippen molar-refractivity contribution in [3.05, 3.63) is 49.8 Å². The SMILES string of the molecule is Cc1cc(=O)n2[nH]c(C3NCCc4sccc43)nc2n1. The Balaban J connectivity index is 1.88. The summed E-state index contributed by atoms with van der Waals surface area (Å²) in [7, 11) is 0. The number of nitrogens with one attached hydrogen (secondary N) is 2. The molecule has 0 bridgehead atoms. The van der Waals surface area contributed by atoms with E-state index in [0.29, 0.717) is 11.5 Å².